The molecule has 0 aromatic carbocycles. The average Bonchev–Trinajstić information content (AvgIpc) is 2.70. The minimum atomic E-state index is -0.931. The number of thioether (sulfide) groups is 2. The van der Waals surface area contributed by atoms with E-state index in [1.54, 1.807) is 11.8 Å². The lowest BCUT2D eigenvalue weighted by Crippen LogP contribution is -2.52. The molecule has 3 unspecified atom stereocenters. The first kappa shape index (κ1) is 15.5. The van der Waals surface area contributed by atoms with E-state index in [9.17, 15) is 9.59 Å². The average molecular weight is 292 g/mol. The summed E-state index contributed by atoms with van der Waals surface area (Å²) >= 11 is 3.17. The van der Waals surface area contributed by atoms with Gasteiger partial charge in [0.2, 0.25) is 0 Å². The molecule has 2 amide bonds. The number of urea groups is 1. The summed E-state index contributed by atoms with van der Waals surface area (Å²) in [4.78, 5) is 24.7. The van der Waals surface area contributed by atoms with Crippen molar-refractivity contribution in [2.24, 2.45) is 0 Å². The Bertz CT molecular complexity index is 315. The summed E-state index contributed by atoms with van der Waals surface area (Å²) in [5.41, 5.74) is 0. The number of aliphatic carboxylic acids is 1. The predicted molar refractivity (Wildman–Crippen MR) is 76.2 cm³/mol. The molecule has 0 aromatic rings. The van der Waals surface area contributed by atoms with Crippen molar-refractivity contribution in [3.63, 3.8) is 0 Å². The van der Waals surface area contributed by atoms with Crippen LogP contribution in [0.15, 0.2) is 0 Å². The summed E-state index contributed by atoms with van der Waals surface area (Å²) < 4.78 is 0. The molecule has 0 aromatic heterocycles. The van der Waals surface area contributed by atoms with Crippen LogP contribution in [0.5, 0.6) is 0 Å². The van der Waals surface area contributed by atoms with Gasteiger partial charge in [-0.2, -0.15) is 11.8 Å². The molecule has 1 aliphatic heterocycles. The second kappa shape index (κ2) is 7.13. The maximum Gasteiger partial charge on any atom is 0.327 e. The van der Waals surface area contributed by atoms with Crippen LogP contribution in [0.25, 0.3) is 0 Å². The topological polar surface area (TPSA) is 69.6 Å². The molecular weight excluding hydrogens is 272 g/mol. The number of nitrogens with one attached hydrogen (secondary N) is 1. The second-order valence-corrected chi connectivity index (χ2v) is 6.46. The number of rotatable bonds is 5. The normalized spacial score (nSPS) is 24.9. The Balaban J connectivity index is 2.66. The fourth-order valence-corrected chi connectivity index (χ4v) is 3.74. The molecule has 3 atom stereocenters. The zero-order chi connectivity index (χ0) is 13.7. The van der Waals surface area contributed by atoms with Gasteiger partial charge in [0, 0.05) is 17.5 Å². The van der Waals surface area contributed by atoms with Gasteiger partial charge in [-0.25, -0.2) is 9.59 Å². The quantitative estimate of drug-likeness (QED) is 0.807. The summed E-state index contributed by atoms with van der Waals surface area (Å²) in [6.45, 7) is 3.88. The third kappa shape index (κ3) is 3.71. The fourth-order valence-electron chi connectivity index (χ4n) is 1.85. The number of nitrogens with zero attached hydrogens (tertiary/aromatic N) is 1. The minimum Gasteiger partial charge on any atom is -0.480 e. The van der Waals surface area contributed by atoms with Crippen LogP contribution in [0.3, 0.4) is 0 Å². The van der Waals surface area contributed by atoms with Crippen LogP contribution < -0.4 is 5.32 Å². The van der Waals surface area contributed by atoms with Gasteiger partial charge in [0.1, 0.15) is 6.04 Å². The Morgan fingerprint density at radius 1 is 1.61 bits per heavy atom. The van der Waals surface area contributed by atoms with Gasteiger partial charge < -0.3 is 10.4 Å². The van der Waals surface area contributed by atoms with Gasteiger partial charge in [0.15, 0.2) is 0 Å². The molecule has 1 aliphatic rings. The summed E-state index contributed by atoms with van der Waals surface area (Å²) in [5, 5.41) is 11.9. The third-order valence-corrected chi connectivity index (χ3v) is 4.88. The lowest BCUT2D eigenvalue weighted by atomic mass is 10.2. The molecule has 0 radical (unpaired) electrons. The zero-order valence-corrected chi connectivity index (χ0v) is 12.5. The van der Waals surface area contributed by atoms with E-state index in [1.165, 1.54) is 16.7 Å². The number of carbonyl (C=O) groups excluding carboxylic acids is 1. The monoisotopic (exact) mass is 292 g/mol. The van der Waals surface area contributed by atoms with Crippen molar-refractivity contribution in [2.75, 3.05) is 17.8 Å². The van der Waals surface area contributed by atoms with Crippen molar-refractivity contribution >= 4 is 35.5 Å². The maximum absolute atomic E-state index is 12.1. The molecular formula is C11H20N2O3S2. The Kier molecular flexibility index (Phi) is 6.14. The van der Waals surface area contributed by atoms with Gasteiger partial charge in [-0.1, -0.05) is 6.92 Å². The fraction of sp³-hybridized carbons (Fsp3) is 0.818. The van der Waals surface area contributed by atoms with Gasteiger partial charge in [0.25, 0.3) is 0 Å². The number of carboxylic acids is 1. The van der Waals surface area contributed by atoms with E-state index >= 15 is 0 Å². The Morgan fingerprint density at radius 2 is 2.28 bits per heavy atom. The van der Waals surface area contributed by atoms with Gasteiger partial charge >= 0.3 is 12.0 Å². The maximum atomic E-state index is 12.1. The van der Waals surface area contributed by atoms with E-state index in [2.05, 4.69) is 5.32 Å². The van der Waals surface area contributed by atoms with E-state index in [0.717, 1.165) is 12.2 Å². The van der Waals surface area contributed by atoms with Gasteiger partial charge in [-0.05, 0) is 19.6 Å². The number of hydrogen-bond acceptors (Lipinski definition) is 4. The van der Waals surface area contributed by atoms with Gasteiger partial charge in [0.05, 0.1) is 5.37 Å². The van der Waals surface area contributed by atoms with Crippen LogP contribution in [-0.2, 0) is 4.79 Å². The van der Waals surface area contributed by atoms with Crippen molar-refractivity contribution in [1.82, 2.24) is 10.2 Å². The molecule has 0 spiro atoms. The highest BCUT2D eigenvalue weighted by molar-refractivity contribution is 8.00. The van der Waals surface area contributed by atoms with E-state index < -0.39 is 12.0 Å². The summed E-state index contributed by atoms with van der Waals surface area (Å²) in [6, 6.07) is -0.877. The van der Waals surface area contributed by atoms with Crippen molar-refractivity contribution in [3.8, 4) is 0 Å². The van der Waals surface area contributed by atoms with E-state index in [-0.39, 0.29) is 17.4 Å². The standard InChI is InChI=1S/C11H20N2O3S2/c1-4-8(5-17-3)12-11(16)13-7(2)18-6-9(13)10(14)15/h7-9H,4-6H2,1-3H3,(H,12,16)(H,14,15). The highest BCUT2D eigenvalue weighted by atomic mass is 32.2. The van der Waals surface area contributed by atoms with Crippen LogP contribution in [0, 0.1) is 0 Å². The SMILES string of the molecule is CCC(CSC)NC(=O)N1C(C)SCC1C(=O)O. The van der Waals surface area contributed by atoms with Crippen molar-refractivity contribution in [2.45, 2.75) is 37.7 Å². The smallest absolute Gasteiger partial charge is 0.327 e. The van der Waals surface area contributed by atoms with Crippen LogP contribution in [0.2, 0.25) is 0 Å². The van der Waals surface area contributed by atoms with E-state index in [1.807, 2.05) is 20.1 Å². The molecule has 7 heteroatoms. The molecule has 5 nitrogen and oxygen atoms in total. The van der Waals surface area contributed by atoms with Crippen molar-refractivity contribution in [1.29, 1.82) is 0 Å². The highest BCUT2D eigenvalue weighted by Crippen LogP contribution is 2.28. The minimum absolute atomic E-state index is 0.0853. The summed E-state index contributed by atoms with van der Waals surface area (Å²) in [6.07, 6.45) is 2.84. The number of carboxylic acid groups (broad SMARTS) is 1. The second-order valence-electron chi connectivity index (χ2n) is 4.20. The van der Waals surface area contributed by atoms with Crippen LogP contribution in [-0.4, -0.2) is 57.2 Å². The van der Waals surface area contributed by atoms with Gasteiger partial charge in [-0.3, -0.25) is 4.90 Å². The lowest BCUT2D eigenvalue weighted by Gasteiger charge is -2.27. The predicted octanol–water partition coefficient (Wildman–Crippen LogP) is 1.69. The lowest BCUT2D eigenvalue weighted by molar-refractivity contribution is -0.141. The number of carbonyl (C=O) groups is 2. The highest BCUT2D eigenvalue weighted by Gasteiger charge is 2.39. The van der Waals surface area contributed by atoms with Crippen LogP contribution in [0.4, 0.5) is 4.79 Å². The van der Waals surface area contributed by atoms with E-state index in [0.29, 0.717) is 5.75 Å². The molecule has 0 aliphatic carbocycles. The molecule has 0 bridgehead atoms. The summed E-state index contributed by atoms with van der Waals surface area (Å²) in [7, 11) is 0. The van der Waals surface area contributed by atoms with Crippen LogP contribution >= 0.6 is 23.5 Å². The first-order valence-corrected chi connectivity index (χ1v) is 8.37. The molecule has 1 heterocycles. The van der Waals surface area contributed by atoms with E-state index in [4.69, 9.17) is 5.11 Å². The zero-order valence-electron chi connectivity index (χ0n) is 10.9. The Hall–Kier alpha value is -0.560. The molecule has 1 rings (SSSR count). The molecule has 104 valence electrons. The first-order chi connectivity index (χ1) is 8.51. The molecule has 0 saturated carbocycles. The Morgan fingerprint density at radius 3 is 2.78 bits per heavy atom. The largest absolute Gasteiger partial charge is 0.480 e. The first-order valence-electron chi connectivity index (χ1n) is 5.93. The third-order valence-electron chi connectivity index (χ3n) is 2.93. The van der Waals surface area contributed by atoms with Gasteiger partial charge in [-0.15, -0.1) is 11.8 Å². The molecule has 2 N–H and O–H groups in total. The molecule has 18 heavy (non-hydrogen) atoms. The van der Waals surface area contributed by atoms with Crippen molar-refractivity contribution in [3.05, 3.63) is 0 Å². The summed E-state index contributed by atoms with van der Waals surface area (Å²) in [5.74, 6) is 0.374. The molecule has 1 fully saturated rings. The van der Waals surface area contributed by atoms with Crippen LogP contribution in [0.1, 0.15) is 20.3 Å². The Labute approximate surface area is 116 Å². The van der Waals surface area contributed by atoms with Crippen molar-refractivity contribution < 1.29 is 14.7 Å². The number of hydrogen-bond donors (Lipinski definition) is 2. The number of amides is 2. The molecule has 1 saturated heterocycles.